The van der Waals surface area contributed by atoms with Crippen molar-refractivity contribution < 1.29 is 19.1 Å². The Morgan fingerprint density at radius 2 is 2.00 bits per heavy atom. The summed E-state index contributed by atoms with van der Waals surface area (Å²) in [5, 5.41) is 2.71. The molecule has 2 heterocycles. The minimum Gasteiger partial charge on any atom is -0.454 e. The topological polar surface area (TPSA) is 67.9 Å². The van der Waals surface area contributed by atoms with Crippen molar-refractivity contribution in [1.82, 2.24) is 10.2 Å². The van der Waals surface area contributed by atoms with Crippen LogP contribution < -0.4 is 14.8 Å². The molecule has 0 bridgehead atoms. The highest BCUT2D eigenvalue weighted by molar-refractivity contribution is 9.10. The van der Waals surface area contributed by atoms with Gasteiger partial charge in [0.05, 0.1) is 12.6 Å². The predicted octanol–water partition coefficient (Wildman–Crippen LogP) is 3.27. The number of nitrogens with zero attached hydrogens (tertiary/aromatic N) is 1. The molecule has 0 aliphatic carbocycles. The van der Waals surface area contributed by atoms with Crippen LogP contribution in [-0.2, 0) is 4.79 Å². The number of nitrogens with one attached hydrogen (secondary N) is 1. The van der Waals surface area contributed by atoms with Gasteiger partial charge < -0.3 is 19.7 Å². The minimum absolute atomic E-state index is 0.0300. The Morgan fingerprint density at radius 1 is 1.15 bits per heavy atom. The smallest absolute Gasteiger partial charge is 0.251 e. The number of hydrogen-bond donors (Lipinski definition) is 1. The molecule has 0 spiro atoms. The minimum atomic E-state index is -0.306. The SMILES string of the molecule is O=C(NCC(=O)N1CCC[C@@H]1c1cccc(Br)c1)c1ccc2c(c1)OCO2. The third kappa shape index (κ3) is 3.78. The average molecular weight is 431 g/mol. The highest BCUT2D eigenvalue weighted by atomic mass is 79.9. The van der Waals surface area contributed by atoms with Crippen LogP contribution >= 0.6 is 15.9 Å². The molecule has 27 heavy (non-hydrogen) atoms. The number of hydrogen-bond acceptors (Lipinski definition) is 4. The van der Waals surface area contributed by atoms with Crippen molar-refractivity contribution in [2.75, 3.05) is 19.9 Å². The number of carbonyl (C=O) groups is 2. The Balaban J connectivity index is 1.39. The number of carbonyl (C=O) groups excluding carboxylic acids is 2. The fourth-order valence-electron chi connectivity index (χ4n) is 3.52. The Morgan fingerprint density at radius 3 is 2.85 bits per heavy atom. The first kappa shape index (κ1) is 17.9. The molecule has 2 aliphatic heterocycles. The Kier molecular flexibility index (Phi) is 5.03. The molecular weight excluding hydrogens is 412 g/mol. The molecular formula is C20H19BrN2O4. The van der Waals surface area contributed by atoms with Crippen molar-refractivity contribution in [2.24, 2.45) is 0 Å². The fraction of sp³-hybridized carbons (Fsp3) is 0.300. The maximum atomic E-state index is 12.7. The van der Waals surface area contributed by atoms with Crippen molar-refractivity contribution >= 4 is 27.7 Å². The van der Waals surface area contributed by atoms with Crippen LogP contribution in [0.2, 0.25) is 0 Å². The van der Waals surface area contributed by atoms with Gasteiger partial charge in [0.15, 0.2) is 11.5 Å². The summed E-state index contributed by atoms with van der Waals surface area (Å²) in [4.78, 5) is 26.9. The van der Waals surface area contributed by atoms with Crippen LogP contribution in [0.3, 0.4) is 0 Å². The number of fused-ring (bicyclic) bond motifs is 1. The van der Waals surface area contributed by atoms with E-state index in [0.29, 0.717) is 23.6 Å². The van der Waals surface area contributed by atoms with E-state index in [9.17, 15) is 9.59 Å². The van der Waals surface area contributed by atoms with E-state index in [0.717, 1.165) is 22.9 Å². The molecule has 4 rings (SSSR count). The van der Waals surface area contributed by atoms with Gasteiger partial charge in [0.25, 0.3) is 5.91 Å². The summed E-state index contributed by atoms with van der Waals surface area (Å²) in [5.74, 6) is 0.784. The van der Waals surface area contributed by atoms with Crippen LogP contribution in [0, 0.1) is 0 Å². The molecule has 140 valence electrons. The summed E-state index contributed by atoms with van der Waals surface area (Å²) in [7, 11) is 0. The number of rotatable bonds is 4. The van der Waals surface area contributed by atoms with Gasteiger partial charge in [-0.25, -0.2) is 0 Å². The second-order valence-electron chi connectivity index (χ2n) is 6.55. The lowest BCUT2D eigenvalue weighted by molar-refractivity contribution is -0.131. The van der Waals surface area contributed by atoms with Gasteiger partial charge in [-0.15, -0.1) is 0 Å². The first-order valence-electron chi connectivity index (χ1n) is 8.84. The molecule has 0 aromatic heterocycles. The molecule has 0 radical (unpaired) electrons. The summed E-state index contributed by atoms with van der Waals surface area (Å²) in [6.07, 6.45) is 1.89. The van der Waals surface area contributed by atoms with Crippen LogP contribution in [0.15, 0.2) is 46.9 Å². The third-order valence-electron chi connectivity index (χ3n) is 4.84. The molecule has 0 unspecified atom stereocenters. The van der Waals surface area contributed by atoms with Gasteiger partial charge in [-0.05, 0) is 48.7 Å². The van der Waals surface area contributed by atoms with E-state index in [2.05, 4.69) is 21.2 Å². The molecule has 1 saturated heterocycles. The normalized spacial score (nSPS) is 17.8. The van der Waals surface area contributed by atoms with Crippen LogP contribution in [0.1, 0.15) is 34.8 Å². The number of likely N-dealkylation sites (tertiary alicyclic amines) is 1. The van der Waals surface area contributed by atoms with Gasteiger partial charge in [-0.3, -0.25) is 9.59 Å². The molecule has 1 fully saturated rings. The molecule has 2 aromatic rings. The maximum Gasteiger partial charge on any atom is 0.251 e. The standard InChI is InChI=1S/C20H19BrN2O4/c21-15-4-1-3-13(9-15)16-5-2-8-23(16)19(24)11-22-20(25)14-6-7-17-18(10-14)27-12-26-17/h1,3-4,6-7,9-10,16H,2,5,8,11-12H2,(H,22,25)/t16-/m1/s1. The van der Waals surface area contributed by atoms with Gasteiger partial charge in [-0.1, -0.05) is 28.1 Å². The Bertz CT molecular complexity index is 886. The number of halogens is 1. The zero-order valence-electron chi connectivity index (χ0n) is 14.6. The highest BCUT2D eigenvalue weighted by Gasteiger charge is 2.30. The Labute approximate surface area is 165 Å². The molecule has 7 heteroatoms. The molecule has 2 aromatic carbocycles. The number of amides is 2. The summed E-state index contributed by atoms with van der Waals surface area (Å²) >= 11 is 3.48. The molecule has 1 atom stereocenters. The van der Waals surface area contributed by atoms with E-state index >= 15 is 0 Å². The van der Waals surface area contributed by atoms with E-state index in [1.54, 1.807) is 18.2 Å². The second kappa shape index (κ2) is 7.60. The fourth-order valence-corrected chi connectivity index (χ4v) is 3.94. The van der Waals surface area contributed by atoms with E-state index in [1.807, 2.05) is 29.2 Å². The van der Waals surface area contributed by atoms with Gasteiger partial charge in [0.1, 0.15) is 0 Å². The van der Waals surface area contributed by atoms with E-state index in [-0.39, 0.29) is 31.2 Å². The van der Waals surface area contributed by atoms with Crippen molar-refractivity contribution in [1.29, 1.82) is 0 Å². The van der Waals surface area contributed by atoms with Crippen LogP contribution in [0.5, 0.6) is 11.5 Å². The lowest BCUT2D eigenvalue weighted by Gasteiger charge is -2.25. The van der Waals surface area contributed by atoms with Gasteiger partial charge in [0.2, 0.25) is 12.7 Å². The predicted molar refractivity (Wildman–Crippen MR) is 103 cm³/mol. The summed E-state index contributed by atoms with van der Waals surface area (Å²) in [6.45, 7) is 0.832. The van der Waals surface area contributed by atoms with Gasteiger partial charge in [0, 0.05) is 16.6 Å². The van der Waals surface area contributed by atoms with Gasteiger partial charge in [-0.2, -0.15) is 0 Å². The zero-order chi connectivity index (χ0) is 18.8. The van der Waals surface area contributed by atoms with Crippen molar-refractivity contribution in [3.05, 3.63) is 58.1 Å². The molecule has 1 N–H and O–H groups in total. The highest BCUT2D eigenvalue weighted by Crippen LogP contribution is 2.33. The summed E-state index contributed by atoms with van der Waals surface area (Å²) in [6, 6.07) is 13.1. The molecule has 6 nitrogen and oxygen atoms in total. The molecule has 2 aliphatic rings. The van der Waals surface area contributed by atoms with Crippen molar-refractivity contribution in [3.63, 3.8) is 0 Å². The summed E-state index contributed by atoms with van der Waals surface area (Å²) < 4.78 is 11.5. The zero-order valence-corrected chi connectivity index (χ0v) is 16.2. The van der Waals surface area contributed by atoms with Crippen LogP contribution in [0.4, 0.5) is 0 Å². The first-order chi connectivity index (χ1) is 13.1. The summed E-state index contributed by atoms with van der Waals surface area (Å²) in [5.41, 5.74) is 1.55. The largest absolute Gasteiger partial charge is 0.454 e. The van der Waals surface area contributed by atoms with Crippen molar-refractivity contribution in [3.8, 4) is 11.5 Å². The number of benzene rings is 2. The van der Waals surface area contributed by atoms with Crippen LogP contribution in [-0.4, -0.2) is 36.6 Å². The quantitative estimate of drug-likeness (QED) is 0.807. The Hall–Kier alpha value is -2.54. The van der Waals surface area contributed by atoms with E-state index in [4.69, 9.17) is 9.47 Å². The molecule has 0 saturated carbocycles. The van der Waals surface area contributed by atoms with E-state index in [1.165, 1.54) is 0 Å². The lowest BCUT2D eigenvalue weighted by atomic mass is 10.0. The average Bonchev–Trinajstić information content (AvgIpc) is 3.34. The van der Waals surface area contributed by atoms with Crippen LogP contribution in [0.25, 0.3) is 0 Å². The maximum absolute atomic E-state index is 12.7. The first-order valence-corrected chi connectivity index (χ1v) is 9.64. The van der Waals surface area contributed by atoms with Crippen molar-refractivity contribution in [2.45, 2.75) is 18.9 Å². The second-order valence-corrected chi connectivity index (χ2v) is 7.47. The number of ether oxygens (including phenoxy) is 2. The molecule has 2 amide bonds. The lowest BCUT2D eigenvalue weighted by Crippen LogP contribution is -2.39. The van der Waals surface area contributed by atoms with E-state index < -0.39 is 0 Å². The van der Waals surface area contributed by atoms with Gasteiger partial charge >= 0.3 is 0 Å². The monoisotopic (exact) mass is 430 g/mol. The third-order valence-corrected chi connectivity index (χ3v) is 5.33.